The normalized spacial score (nSPS) is 29.4. The lowest BCUT2D eigenvalue weighted by Crippen LogP contribution is -2.41. The Bertz CT molecular complexity index is 391. The predicted molar refractivity (Wildman–Crippen MR) is 60.4 cm³/mol. The zero-order valence-corrected chi connectivity index (χ0v) is 8.90. The number of piperidine rings is 1. The Hall–Kier alpha value is -1.22. The van der Waals surface area contributed by atoms with Gasteiger partial charge in [0.15, 0.2) is 0 Å². The summed E-state index contributed by atoms with van der Waals surface area (Å²) >= 11 is 0. The molecule has 0 spiro atoms. The van der Waals surface area contributed by atoms with Gasteiger partial charge in [0.1, 0.15) is 5.75 Å². The van der Waals surface area contributed by atoms with Gasteiger partial charge in [0.2, 0.25) is 0 Å². The van der Waals surface area contributed by atoms with E-state index in [0.717, 1.165) is 18.8 Å². The minimum atomic E-state index is 0.393. The van der Waals surface area contributed by atoms with Gasteiger partial charge in [-0.2, -0.15) is 0 Å². The van der Waals surface area contributed by atoms with Crippen molar-refractivity contribution in [2.45, 2.75) is 18.4 Å². The van der Waals surface area contributed by atoms with Gasteiger partial charge in [0, 0.05) is 18.5 Å². The monoisotopic (exact) mass is 204 g/mol. The van der Waals surface area contributed by atoms with Crippen LogP contribution >= 0.6 is 0 Å². The van der Waals surface area contributed by atoms with E-state index in [1.807, 2.05) is 6.07 Å². The van der Waals surface area contributed by atoms with Crippen molar-refractivity contribution in [3.05, 3.63) is 23.8 Å². The number of phenolic OH excluding ortho intramolecular Hbond substituents is 1. The van der Waals surface area contributed by atoms with E-state index in [9.17, 15) is 5.11 Å². The second-order valence-corrected chi connectivity index (χ2v) is 4.65. The molecule has 3 nitrogen and oxygen atoms in total. The number of para-hydroxylation sites is 1. The molecule has 2 aliphatic heterocycles. The standard InChI is InChI=1S/C12H16N2O/c1-14-6-5-8-9-3-2-4-11(15)12(9)13-10(8)7-14/h2-4,8,10,13,15H,5-7H2,1H3. The first-order valence-corrected chi connectivity index (χ1v) is 5.52. The van der Waals surface area contributed by atoms with Crippen molar-refractivity contribution in [2.75, 3.05) is 25.5 Å². The molecule has 0 saturated carbocycles. The Kier molecular flexibility index (Phi) is 1.89. The molecule has 3 rings (SSSR count). The van der Waals surface area contributed by atoms with E-state index in [0.29, 0.717) is 17.7 Å². The highest BCUT2D eigenvalue weighted by molar-refractivity contribution is 5.67. The number of phenols is 1. The van der Waals surface area contributed by atoms with Crippen LogP contribution in [0.3, 0.4) is 0 Å². The van der Waals surface area contributed by atoms with Gasteiger partial charge >= 0.3 is 0 Å². The number of hydrogen-bond donors (Lipinski definition) is 2. The van der Waals surface area contributed by atoms with Crippen molar-refractivity contribution in [3.8, 4) is 5.75 Å². The number of likely N-dealkylation sites (N-methyl/N-ethyl adjacent to an activating group) is 1. The van der Waals surface area contributed by atoms with E-state index in [2.05, 4.69) is 23.3 Å². The summed E-state index contributed by atoms with van der Waals surface area (Å²) in [6.07, 6.45) is 1.19. The first-order chi connectivity index (χ1) is 7.25. The maximum atomic E-state index is 9.77. The van der Waals surface area contributed by atoms with E-state index in [-0.39, 0.29) is 0 Å². The number of nitrogens with one attached hydrogen (secondary N) is 1. The first kappa shape index (κ1) is 9.04. The van der Waals surface area contributed by atoms with Crippen LogP contribution in [0.5, 0.6) is 5.75 Å². The molecule has 3 heteroatoms. The third-order valence-electron chi connectivity index (χ3n) is 3.62. The number of hydrogen-bond acceptors (Lipinski definition) is 3. The fraction of sp³-hybridized carbons (Fsp3) is 0.500. The Morgan fingerprint density at radius 3 is 3.20 bits per heavy atom. The molecule has 0 amide bonds. The molecule has 2 N–H and O–H groups in total. The highest BCUT2D eigenvalue weighted by atomic mass is 16.3. The summed E-state index contributed by atoms with van der Waals surface area (Å²) in [7, 11) is 2.15. The van der Waals surface area contributed by atoms with Crippen LogP contribution in [-0.4, -0.2) is 36.2 Å². The number of aromatic hydroxyl groups is 1. The van der Waals surface area contributed by atoms with Crippen molar-refractivity contribution in [3.63, 3.8) is 0 Å². The number of anilines is 1. The number of benzene rings is 1. The quantitative estimate of drug-likeness (QED) is 0.630. The third kappa shape index (κ3) is 1.30. The lowest BCUT2D eigenvalue weighted by atomic mass is 9.89. The Labute approximate surface area is 89.7 Å². The lowest BCUT2D eigenvalue weighted by molar-refractivity contribution is 0.245. The summed E-state index contributed by atoms with van der Waals surface area (Å²) < 4.78 is 0. The molecule has 1 aromatic rings. The van der Waals surface area contributed by atoms with Crippen molar-refractivity contribution in [1.82, 2.24) is 4.90 Å². The van der Waals surface area contributed by atoms with Crippen molar-refractivity contribution < 1.29 is 5.11 Å². The summed E-state index contributed by atoms with van der Waals surface area (Å²) in [6.45, 7) is 2.22. The van der Waals surface area contributed by atoms with E-state index < -0.39 is 0 Å². The fourth-order valence-electron chi connectivity index (χ4n) is 2.84. The van der Waals surface area contributed by atoms with Gasteiger partial charge in [0.25, 0.3) is 0 Å². The smallest absolute Gasteiger partial charge is 0.138 e. The molecule has 1 aromatic carbocycles. The second-order valence-electron chi connectivity index (χ2n) is 4.65. The minimum Gasteiger partial charge on any atom is -0.506 e. The molecule has 0 radical (unpaired) electrons. The van der Waals surface area contributed by atoms with Crippen LogP contribution in [0.15, 0.2) is 18.2 Å². The average Bonchev–Trinajstić information content (AvgIpc) is 2.57. The maximum absolute atomic E-state index is 9.77. The Balaban J connectivity index is 1.99. The number of fused-ring (bicyclic) bond motifs is 3. The van der Waals surface area contributed by atoms with E-state index in [4.69, 9.17) is 0 Å². The molecular weight excluding hydrogens is 188 g/mol. The molecule has 1 saturated heterocycles. The SMILES string of the molecule is CN1CCC2c3cccc(O)c3NC2C1. The highest BCUT2D eigenvalue weighted by Gasteiger charge is 2.36. The largest absolute Gasteiger partial charge is 0.506 e. The van der Waals surface area contributed by atoms with Gasteiger partial charge < -0.3 is 15.3 Å². The van der Waals surface area contributed by atoms with Crippen LogP contribution in [-0.2, 0) is 0 Å². The zero-order chi connectivity index (χ0) is 10.4. The van der Waals surface area contributed by atoms with E-state index in [1.165, 1.54) is 12.0 Å². The minimum absolute atomic E-state index is 0.393. The summed E-state index contributed by atoms with van der Waals surface area (Å²) in [4.78, 5) is 2.34. The summed E-state index contributed by atoms with van der Waals surface area (Å²) in [5, 5.41) is 13.2. The van der Waals surface area contributed by atoms with Crippen LogP contribution in [0.4, 0.5) is 5.69 Å². The first-order valence-electron chi connectivity index (χ1n) is 5.52. The Morgan fingerprint density at radius 2 is 2.33 bits per heavy atom. The number of rotatable bonds is 0. The molecule has 80 valence electrons. The van der Waals surface area contributed by atoms with Gasteiger partial charge in [-0.25, -0.2) is 0 Å². The van der Waals surface area contributed by atoms with Gasteiger partial charge in [-0.1, -0.05) is 12.1 Å². The van der Waals surface area contributed by atoms with Gasteiger partial charge in [-0.3, -0.25) is 0 Å². The van der Waals surface area contributed by atoms with Crippen molar-refractivity contribution in [2.24, 2.45) is 0 Å². The van der Waals surface area contributed by atoms with Crippen LogP contribution in [0.1, 0.15) is 17.9 Å². The molecule has 0 bridgehead atoms. The summed E-state index contributed by atoms with van der Waals surface area (Å²) in [6, 6.07) is 6.31. The third-order valence-corrected chi connectivity index (χ3v) is 3.62. The second kappa shape index (κ2) is 3.14. The topological polar surface area (TPSA) is 35.5 Å². The van der Waals surface area contributed by atoms with Crippen LogP contribution in [0.25, 0.3) is 0 Å². The molecule has 1 fully saturated rings. The fourth-order valence-corrected chi connectivity index (χ4v) is 2.84. The van der Waals surface area contributed by atoms with Crippen LogP contribution in [0.2, 0.25) is 0 Å². The predicted octanol–water partition coefficient (Wildman–Crippen LogP) is 1.61. The molecule has 2 atom stereocenters. The summed E-state index contributed by atoms with van der Waals surface area (Å²) in [5.41, 5.74) is 2.26. The van der Waals surface area contributed by atoms with Crippen molar-refractivity contribution in [1.29, 1.82) is 0 Å². The number of nitrogens with zero attached hydrogens (tertiary/aromatic N) is 1. The van der Waals surface area contributed by atoms with Gasteiger partial charge in [-0.15, -0.1) is 0 Å². The summed E-state index contributed by atoms with van der Waals surface area (Å²) in [5.74, 6) is 0.979. The molecule has 2 unspecified atom stereocenters. The number of likely N-dealkylation sites (tertiary alicyclic amines) is 1. The van der Waals surface area contributed by atoms with Crippen LogP contribution < -0.4 is 5.32 Å². The molecule has 0 aliphatic carbocycles. The van der Waals surface area contributed by atoms with E-state index >= 15 is 0 Å². The molecular formula is C12H16N2O. The molecule has 2 heterocycles. The maximum Gasteiger partial charge on any atom is 0.138 e. The molecule has 0 aromatic heterocycles. The van der Waals surface area contributed by atoms with Gasteiger partial charge in [-0.05, 0) is 31.6 Å². The zero-order valence-electron chi connectivity index (χ0n) is 8.90. The Morgan fingerprint density at radius 1 is 1.47 bits per heavy atom. The lowest BCUT2D eigenvalue weighted by Gasteiger charge is -2.32. The average molecular weight is 204 g/mol. The van der Waals surface area contributed by atoms with Crippen molar-refractivity contribution >= 4 is 5.69 Å². The van der Waals surface area contributed by atoms with Gasteiger partial charge in [0.05, 0.1) is 5.69 Å². The van der Waals surface area contributed by atoms with Crippen LogP contribution in [0, 0.1) is 0 Å². The molecule has 2 aliphatic rings. The molecule has 15 heavy (non-hydrogen) atoms. The highest BCUT2D eigenvalue weighted by Crippen LogP contribution is 2.44. The van der Waals surface area contributed by atoms with E-state index in [1.54, 1.807) is 6.07 Å².